The standard InChI is InChI=1S/C27H33F3N6O4/c1-26(2,3)22(36-14-20(32-33-36)15-4-5-15)25(40)35-13-18(37)12-21(35)23(38)31-19-10-11-34(24(19)39)17-8-6-16(7-9-17)27(28,29)30/h6-9,14-15,18-19,21-22,37H,4-5,10-13H2,1-3H3,(H,31,38)/t18?,19?,21?,22-/m1/s1. The van der Waals surface area contributed by atoms with Crippen LogP contribution in [0.3, 0.4) is 0 Å². The van der Waals surface area contributed by atoms with Gasteiger partial charge in [0.25, 0.3) is 0 Å². The normalized spacial score (nSPS) is 24.5. The Kier molecular flexibility index (Phi) is 7.13. The maximum Gasteiger partial charge on any atom is 0.416 e. The van der Waals surface area contributed by atoms with Crippen molar-refractivity contribution in [1.29, 1.82) is 0 Å². The zero-order valence-electron chi connectivity index (χ0n) is 22.6. The lowest BCUT2D eigenvalue weighted by Gasteiger charge is -2.34. The Balaban J connectivity index is 1.29. The molecule has 3 unspecified atom stereocenters. The molecule has 1 saturated carbocycles. The molecule has 0 radical (unpaired) electrons. The Labute approximate surface area is 229 Å². The average molecular weight is 563 g/mol. The zero-order valence-corrected chi connectivity index (χ0v) is 22.6. The van der Waals surface area contributed by atoms with Gasteiger partial charge in [-0.05, 0) is 48.9 Å². The highest BCUT2D eigenvalue weighted by Crippen LogP contribution is 2.40. The van der Waals surface area contributed by atoms with Gasteiger partial charge in [0.1, 0.15) is 18.1 Å². The summed E-state index contributed by atoms with van der Waals surface area (Å²) >= 11 is 0. The predicted octanol–water partition coefficient (Wildman–Crippen LogP) is 2.65. The van der Waals surface area contributed by atoms with Crippen LogP contribution in [0.25, 0.3) is 0 Å². The molecular formula is C27H33F3N6O4. The second-order valence-corrected chi connectivity index (χ2v) is 11.9. The van der Waals surface area contributed by atoms with Crippen molar-refractivity contribution in [2.45, 2.75) is 82.8 Å². The first-order chi connectivity index (χ1) is 18.7. The smallest absolute Gasteiger partial charge is 0.391 e. The third-order valence-electron chi connectivity index (χ3n) is 7.74. The highest BCUT2D eigenvalue weighted by molar-refractivity contribution is 6.02. The van der Waals surface area contributed by atoms with E-state index in [-0.39, 0.29) is 31.8 Å². The van der Waals surface area contributed by atoms with Gasteiger partial charge in [0.15, 0.2) is 0 Å². The minimum absolute atomic E-state index is 0.0165. The average Bonchev–Trinajstić information content (AvgIpc) is 3.30. The van der Waals surface area contributed by atoms with E-state index in [0.29, 0.717) is 11.6 Å². The number of amides is 3. The molecule has 40 heavy (non-hydrogen) atoms. The fourth-order valence-electron chi connectivity index (χ4n) is 5.49. The Bertz CT molecular complexity index is 1280. The van der Waals surface area contributed by atoms with Crippen LogP contribution in [-0.4, -0.2) is 74.0 Å². The number of rotatable bonds is 6. The first-order valence-corrected chi connectivity index (χ1v) is 13.4. The molecular weight excluding hydrogens is 529 g/mol. The van der Waals surface area contributed by atoms with Gasteiger partial charge in [-0.2, -0.15) is 13.2 Å². The summed E-state index contributed by atoms with van der Waals surface area (Å²) in [7, 11) is 0. The van der Waals surface area contributed by atoms with Crippen LogP contribution >= 0.6 is 0 Å². The van der Waals surface area contributed by atoms with E-state index in [4.69, 9.17) is 0 Å². The molecule has 10 nitrogen and oxygen atoms in total. The molecule has 2 aliphatic heterocycles. The van der Waals surface area contributed by atoms with Crippen molar-refractivity contribution in [1.82, 2.24) is 25.2 Å². The van der Waals surface area contributed by atoms with Crippen LogP contribution in [0.15, 0.2) is 30.5 Å². The highest BCUT2D eigenvalue weighted by atomic mass is 19.4. The monoisotopic (exact) mass is 562 g/mol. The number of nitrogens with one attached hydrogen (secondary N) is 1. The van der Waals surface area contributed by atoms with E-state index in [9.17, 15) is 32.7 Å². The maximum absolute atomic E-state index is 13.9. The van der Waals surface area contributed by atoms with Crippen molar-refractivity contribution in [3.8, 4) is 0 Å². The van der Waals surface area contributed by atoms with Gasteiger partial charge in [-0.25, -0.2) is 4.68 Å². The number of aromatic nitrogens is 3. The summed E-state index contributed by atoms with van der Waals surface area (Å²) in [6.45, 7) is 5.85. The van der Waals surface area contributed by atoms with Crippen molar-refractivity contribution in [2.75, 3.05) is 18.0 Å². The molecule has 5 rings (SSSR count). The lowest BCUT2D eigenvalue weighted by Crippen LogP contribution is -2.53. The van der Waals surface area contributed by atoms with Crippen LogP contribution in [0.4, 0.5) is 18.9 Å². The lowest BCUT2D eigenvalue weighted by atomic mass is 9.85. The Hall–Kier alpha value is -3.48. The van der Waals surface area contributed by atoms with E-state index in [1.165, 1.54) is 26.6 Å². The number of hydrogen-bond donors (Lipinski definition) is 2. The van der Waals surface area contributed by atoms with Crippen LogP contribution in [0.5, 0.6) is 0 Å². The number of alkyl halides is 3. The lowest BCUT2D eigenvalue weighted by molar-refractivity contribution is -0.144. The van der Waals surface area contributed by atoms with Crippen LogP contribution in [-0.2, 0) is 20.6 Å². The third-order valence-corrected chi connectivity index (χ3v) is 7.74. The number of β-amino-alcohol motifs (C(OH)–C–C–N with tert-alkyl or cyclic N) is 1. The fraction of sp³-hybridized carbons (Fsp3) is 0.593. The fourth-order valence-corrected chi connectivity index (χ4v) is 5.49. The topological polar surface area (TPSA) is 121 Å². The first kappa shape index (κ1) is 28.1. The Morgan fingerprint density at radius 2 is 1.77 bits per heavy atom. The van der Waals surface area contributed by atoms with Crippen molar-refractivity contribution in [3.63, 3.8) is 0 Å². The SMILES string of the molecule is CC(C)(C)[C@@H](C(=O)N1CC(O)CC1C(=O)NC1CCN(c2ccc(C(F)(F)F)cc2)C1=O)n1cc(C2CC2)nn1. The second kappa shape index (κ2) is 10.2. The number of hydrogen-bond acceptors (Lipinski definition) is 6. The summed E-state index contributed by atoms with van der Waals surface area (Å²) in [6, 6.07) is 1.61. The van der Waals surface area contributed by atoms with Gasteiger partial charge in [-0.1, -0.05) is 26.0 Å². The van der Waals surface area contributed by atoms with E-state index in [2.05, 4.69) is 15.6 Å². The van der Waals surface area contributed by atoms with Crippen molar-refractivity contribution in [3.05, 3.63) is 41.7 Å². The molecule has 1 aliphatic carbocycles. The molecule has 2 N–H and O–H groups in total. The van der Waals surface area contributed by atoms with Crippen LogP contribution < -0.4 is 10.2 Å². The number of halogens is 3. The molecule has 2 aromatic rings. The maximum atomic E-state index is 13.9. The molecule has 1 aromatic carbocycles. The number of nitrogens with zero attached hydrogens (tertiary/aromatic N) is 5. The molecule has 3 fully saturated rings. The number of benzene rings is 1. The van der Waals surface area contributed by atoms with Gasteiger partial charge in [0.2, 0.25) is 17.7 Å². The van der Waals surface area contributed by atoms with E-state index in [1.807, 2.05) is 20.8 Å². The van der Waals surface area contributed by atoms with Gasteiger partial charge in [0, 0.05) is 37.3 Å². The molecule has 13 heteroatoms. The zero-order chi connectivity index (χ0) is 29.0. The van der Waals surface area contributed by atoms with Gasteiger partial charge in [-0.3, -0.25) is 14.4 Å². The highest BCUT2D eigenvalue weighted by Gasteiger charge is 2.46. The van der Waals surface area contributed by atoms with Crippen molar-refractivity contribution >= 4 is 23.4 Å². The number of aliphatic hydroxyl groups excluding tert-OH is 1. The summed E-state index contributed by atoms with van der Waals surface area (Å²) in [6.07, 6.45) is -1.29. The van der Waals surface area contributed by atoms with Crippen molar-refractivity contribution in [2.24, 2.45) is 5.41 Å². The molecule has 4 atom stereocenters. The predicted molar refractivity (Wildman–Crippen MR) is 137 cm³/mol. The quantitative estimate of drug-likeness (QED) is 0.559. The molecule has 3 heterocycles. The molecule has 216 valence electrons. The number of carbonyl (C=O) groups is 3. The second-order valence-electron chi connectivity index (χ2n) is 11.9. The van der Waals surface area contributed by atoms with Crippen molar-refractivity contribution < 1.29 is 32.7 Å². The number of anilines is 1. The van der Waals surface area contributed by atoms with E-state index < -0.39 is 53.2 Å². The Morgan fingerprint density at radius 3 is 2.38 bits per heavy atom. The molecule has 3 aliphatic rings. The number of carbonyl (C=O) groups excluding carboxylic acids is 3. The molecule has 1 aromatic heterocycles. The summed E-state index contributed by atoms with van der Waals surface area (Å²) in [5.74, 6) is -1.04. The van der Waals surface area contributed by atoms with E-state index in [1.54, 1.807) is 6.20 Å². The number of aliphatic hydroxyl groups is 1. The van der Waals surface area contributed by atoms with Gasteiger partial charge in [0.05, 0.1) is 17.4 Å². The van der Waals surface area contributed by atoms with Gasteiger partial charge >= 0.3 is 6.18 Å². The summed E-state index contributed by atoms with van der Waals surface area (Å²) in [4.78, 5) is 43.0. The molecule has 3 amide bonds. The summed E-state index contributed by atoms with van der Waals surface area (Å²) in [5, 5.41) is 21.6. The minimum atomic E-state index is -4.49. The third kappa shape index (κ3) is 5.56. The van der Waals surface area contributed by atoms with E-state index in [0.717, 1.165) is 30.7 Å². The molecule has 0 spiro atoms. The first-order valence-electron chi connectivity index (χ1n) is 13.4. The molecule has 0 bridgehead atoms. The number of likely N-dealkylation sites (tertiary alicyclic amines) is 1. The minimum Gasteiger partial charge on any atom is -0.391 e. The molecule has 2 saturated heterocycles. The van der Waals surface area contributed by atoms with E-state index >= 15 is 0 Å². The van der Waals surface area contributed by atoms with Gasteiger partial charge < -0.3 is 20.2 Å². The Morgan fingerprint density at radius 1 is 1.10 bits per heavy atom. The summed E-state index contributed by atoms with van der Waals surface area (Å²) in [5.41, 5.74) is -0.269. The van der Waals surface area contributed by atoms with Crippen LogP contribution in [0.2, 0.25) is 0 Å². The van der Waals surface area contributed by atoms with Crippen LogP contribution in [0, 0.1) is 5.41 Å². The summed E-state index contributed by atoms with van der Waals surface area (Å²) < 4.78 is 40.3. The largest absolute Gasteiger partial charge is 0.416 e. The van der Waals surface area contributed by atoms with Crippen LogP contribution in [0.1, 0.15) is 69.7 Å². The van der Waals surface area contributed by atoms with Gasteiger partial charge in [-0.15, -0.1) is 5.10 Å².